The van der Waals surface area contributed by atoms with E-state index in [1.807, 2.05) is 18.7 Å². The van der Waals surface area contributed by atoms with Gasteiger partial charge in [0.1, 0.15) is 0 Å². The molecule has 1 amide bonds. The van der Waals surface area contributed by atoms with Gasteiger partial charge in [-0.2, -0.15) is 11.8 Å². The highest BCUT2D eigenvalue weighted by Crippen LogP contribution is 2.36. The maximum atomic E-state index is 11.3. The molecule has 0 aromatic heterocycles. The number of thioether (sulfide) groups is 1. The monoisotopic (exact) mass is 265 g/mol. The normalized spacial score (nSPS) is 30.1. The second-order valence-electron chi connectivity index (χ2n) is 3.74. The van der Waals surface area contributed by atoms with Crippen molar-refractivity contribution in [3.8, 4) is 0 Å². The lowest BCUT2D eigenvalue weighted by atomic mass is 10.1. The predicted octanol–water partition coefficient (Wildman–Crippen LogP) is 2.17. The Morgan fingerprint density at radius 1 is 1.77 bits per heavy atom. The SMILES string of the molecule is CC(Br)C(=O)NCC1(C)CCCS1. The Hall–Kier alpha value is 0.300. The first-order valence-corrected chi connectivity index (χ1v) is 6.49. The summed E-state index contributed by atoms with van der Waals surface area (Å²) in [5.41, 5.74) is 0. The number of nitrogens with one attached hydrogen (secondary N) is 1. The van der Waals surface area contributed by atoms with Crippen molar-refractivity contribution in [1.82, 2.24) is 5.32 Å². The molecular formula is C9H16BrNOS. The van der Waals surface area contributed by atoms with Crippen LogP contribution in [0.5, 0.6) is 0 Å². The van der Waals surface area contributed by atoms with Gasteiger partial charge in [-0.05, 0) is 32.4 Å². The lowest BCUT2D eigenvalue weighted by molar-refractivity contribution is -0.120. The minimum Gasteiger partial charge on any atom is -0.354 e. The molecule has 1 rings (SSSR count). The van der Waals surface area contributed by atoms with E-state index in [1.54, 1.807) is 0 Å². The summed E-state index contributed by atoms with van der Waals surface area (Å²) in [6.07, 6.45) is 2.50. The van der Waals surface area contributed by atoms with E-state index in [-0.39, 0.29) is 15.5 Å². The molecular weight excluding hydrogens is 250 g/mol. The Labute approximate surface area is 92.4 Å². The first-order chi connectivity index (χ1) is 6.03. The maximum absolute atomic E-state index is 11.3. The fourth-order valence-corrected chi connectivity index (χ4v) is 2.80. The van der Waals surface area contributed by atoms with Crippen molar-refractivity contribution in [2.24, 2.45) is 0 Å². The molecule has 1 N–H and O–H groups in total. The highest BCUT2D eigenvalue weighted by Gasteiger charge is 2.29. The van der Waals surface area contributed by atoms with Crippen LogP contribution in [0, 0.1) is 0 Å². The number of carbonyl (C=O) groups is 1. The highest BCUT2D eigenvalue weighted by molar-refractivity contribution is 9.10. The van der Waals surface area contributed by atoms with Crippen molar-refractivity contribution < 1.29 is 4.79 Å². The summed E-state index contributed by atoms with van der Waals surface area (Å²) >= 11 is 5.22. The third-order valence-electron chi connectivity index (χ3n) is 2.30. The third kappa shape index (κ3) is 3.50. The van der Waals surface area contributed by atoms with Gasteiger partial charge in [0, 0.05) is 11.3 Å². The summed E-state index contributed by atoms with van der Waals surface area (Å²) < 4.78 is 0.275. The zero-order valence-corrected chi connectivity index (χ0v) is 10.5. The van der Waals surface area contributed by atoms with Crippen LogP contribution in [0.3, 0.4) is 0 Å². The van der Waals surface area contributed by atoms with Crippen LogP contribution in [0.15, 0.2) is 0 Å². The minimum absolute atomic E-state index is 0.0810. The van der Waals surface area contributed by atoms with Crippen molar-refractivity contribution in [1.29, 1.82) is 0 Å². The second kappa shape index (κ2) is 4.69. The van der Waals surface area contributed by atoms with Gasteiger partial charge in [0.25, 0.3) is 0 Å². The molecule has 0 spiro atoms. The van der Waals surface area contributed by atoms with E-state index in [4.69, 9.17) is 0 Å². The van der Waals surface area contributed by atoms with Gasteiger partial charge >= 0.3 is 0 Å². The number of alkyl halides is 1. The molecule has 0 saturated carbocycles. The van der Waals surface area contributed by atoms with Crippen LogP contribution in [0.4, 0.5) is 0 Å². The first-order valence-electron chi connectivity index (χ1n) is 4.59. The number of amides is 1. The van der Waals surface area contributed by atoms with Crippen LogP contribution in [0.1, 0.15) is 26.7 Å². The van der Waals surface area contributed by atoms with E-state index in [2.05, 4.69) is 28.2 Å². The number of hydrogen-bond acceptors (Lipinski definition) is 2. The van der Waals surface area contributed by atoms with Gasteiger partial charge in [-0.25, -0.2) is 0 Å². The Balaban J connectivity index is 2.29. The average molecular weight is 266 g/mol. The number of carbonyl (C=O) groups excluding carboxylic acids is 1. The second-order valence-corrected chi connectivity index (χ2v) is 6.79. The fourth-order valence-electron chi connectivity index (χ4n) is 1.39. The van der Waals surface area contributed by atoms with Crippen LogP contribution >= 0.6 is 27.7 Å². The van der Waals surface area contributed by atoms with Gasteiger partial charge in [0.05, 0.1) is 4.83 Å². The molecule has 2 unspecified atom stereocenters. The van der Waals surface area contributed by atoms with Crippen molar-refractivity contribution in [3.05, 3.63) is 0 Å². The van der Waals surface area contributed by atoms with Crippen LogP contribution < -0.4 is 5.32 Å². The van der Waals surface area contributed by atoms with Crippen molar-refractivity contribution in [2.75, 3.05) is 12.3 Å². The largest absolute Gasteiger partial charge is 0.354 e. The topological polar surface area (TPSA) is 29.1 Å². The smallest absolute Gasteiger partial charge is 0.233 e. The molecule has 1 aliphatic rings. The van der Waals surface area contributed by atoms with E-state index >= 15 is 0 Å². The molecule has 1 fully saturated rings. The minimum atomic E-state index is -0.0810. The van der Waals surface area contributed by atoms with Crippen molar-refractivity contribution >= 4 is 33.6 Å². The van der Waals surface area contributed by atoms with Crippen LogP contribution in [0.25, 0.3) is 0 Å². The Bertz CT molecular complexity index is 190. The molecule has 0 bridgehead atoms. The third-order valence-corrected chi connectivity index (χ3v) is 4.25. The molecule has 2 atom stereocenters. The van der Waals surface area contributed by atoms with E-state index in [9.17, 15) is 4.79 Å². The number of rotatable bonds is 3. The summed E-state index contributed by atoms with van der Waals surface area (Å²) in [5, 5.41) is 2.96. The van der Waals surface area contributed by atoms with E-state index in [0.717, 1.165) is 6.54 Å². The van der Waals surface area contributed by atoms with Crippen LogP contribution in [-0.4, -0.2) is 27.8 Å². The molecule has 76 valence electrons. The van der Waals surface area contributed by atoms with E-state index < -0.39 is 0 Å². The molecule has 0 aliphatic carbocycles. The van der Waals surface area contributed by atoms with Gasteiger partial charge < -0.3 is 5.32 Å². The van der Waals surface area contributed by atoms with Gasteiger partial charge in [-0.1, -0.05) is 15.9 Å². The van der Waals surface area contributed by atoms with Gasteiger partial charge in [-0.15, -0.1) is 0 Å². The standard InChI is InChI=1S/C9H16BrNOS/c1-7(10)8(12)11-6-9(2)4-3-5-13-9/h7H,3-6H2,1-2H3,(H,11,12). The number of halogens is 1. The van der Waals surface area contributed by atoms with E-state index in [1.165, 1.54) is 18.6 Å². The Morgan fingerprint density at radius 3 is 2.92 bits per heavy atom. The van der Waals surface area contributed by atoms with E-state index in [0.29, 0.717) is 0 Å². The predicted molar refractivity (Wildman–Crippen MR) is 61.5 cm³/mol. The molecule has 0 aromatic carbocycles. The quantitative estimate of drug-likeness (QED) is 0.793. The first kappa shape index (κ1) is 11.4. The summed E-state index contributed by atoms with van der Waals surface area (Å²) in [5.74, 6) is 1.32. The van der Waals surface area contributed by atoms with Gasteiger partial charge in [0.15, 0.2) is 0 Å². The van der Waals surface area contributed by atoms with Gasteiger partial charge in [-0.3, -0.25) is 4.79 Å². The molecule has 1 aliphatic heterocycles. The summed E-state index contributed by atoms with van der Waals surface area (Å²) in [6.45, 7) is 4.87. The van der Waals surface area contributed by atoms with Crippen molar-refractivity contribution in [3.63, 3.8) is 0 Å². The molecule has 0 aromatic rings. The Morgan fingerprint density at radius 2 is 2.46 bits per heavy atom. The number of hydrogen-bond donors (Lipinski definition) is 1. The Kier molecular flexibility index (Phi) is 4.10. The molecule has 0 radical (unpaired) electrons. The average Bonchev–Trinajstić information content (AvgIpc) is 2.48. The molecule has 2 nitrogen and oxygen atoms in total. The summed E-state index contributed by atoms with van der Waals surface area (Å²) in [4.78, 5) is 11.2. The zero-order valence-electron chi connectivity index (χ0n) is 8.10. The highest BCUT2D eigenvalue weighted by atomic mass is 79.9. The molecule has 13 heavy (non-hydrogen) atoms. The molecule has 1 heterocycles. The van der Waals surface area contributed by atoms with Crippen molar-refractivity contribution in [2.45, 2.75) is 36.3 Å². The zero-order chi connectivity index (χ0) is 9.90. The molecule has 4 heteroatoms. The van der Waals surface area contributed by atoms with Crippen LogP contribution in [0.2, 0.25) is 0 Å². The fraction of sp³-hybridized carbons (Fsp3) is 0.889. The lowest BCUT2D eigenvalue weighted by Gasteiger charge is -2.23. The van der Waals surface area contributed by atoms with Crippen LogP contribution in [-0.2, 0) is 4.79 Å². The summed E-state index contributed by atoms with van der Waals surface area (Å²) in [6, 6.07) is 0. The maximum Gasteiger partial charge on any atom is 0.233 e. The van der Waals surface area contributed by atoms with Gasteiger partial charge in [0.2, 0.25) is 5.91 Å². The summed E-state index contributed by atoms with van der Waals surface area (Å²) in [7, 11) is 0. The molecule has 1 saturated heterocycles. The lowest BCUT2D eigenvalue weighted by Crippen LogP contribution is -2.39.